The molecular formula is C12H14Cl4S. The second-order valence-corrected chi connectivity index (χ2v) is 5.85. The summed E-state index contributed by atoms with van der Waals surface area (Å²) in [5, 5.41) is 1.72. The van der Waals surface area contributed by atoms with Crippen LogP contribution in [0.15, 0.2) is 4.90 Å². The van der Waals surface area contributed by atoms with Crippen LogP contribution in [0, 0.1) is 0 Å². The molecule has 0 heterocycles. The second-order valence-electron chi connectivity index (χ2n) is 3.89. The van der Waals surface area contributed by atoms with Crippen LogP contribution >= 0.6 is 59.0 Å². The number of halogens is 4. The molecule has 0 aliphatic rings. The maximum absolute atomic E-state index is 6.16. The predicted molar refractivity (Wildman–Crippen MR) is 81.6 cm³/mol. The van der Waals surface area contributed by atoms with Crippen LogP contribution in [0.2, 0.25) is 20.1 Å². The van der Waals surface area contributed by atoms with Gasteiger partial charge in [0, 0.05) is 4.90 Å². The minimum Gasteiger partial charge on any atom is -0.140 e. The SMILES string of the molecule is CCCCCCc1c(Cl)c(Cl)c(S)c(Cl)c1Cl. The number of rotatable bonds is 5. The van der Waals surface area contributed by atoms with E-state index < -0.39 is 0 Å². The van der Waals surface area contributed by atoms with E-state index in [-0.39, 0.29) is 0 Å². The van der Waals surface area contributed by atoms with E-state index in [1.165, 1.54) is 12.8 Å². The lowest BCUT2D eigenvalue weighted by molar-refractivity contribution is 0.667. The van der Waals surface area contributed by atoms with Crippen LogP contribution in [0.5, 0.6) is 0 Å². The van der Waals surface area contributed by atoms with Gasteiger partial charge in [0.1, 0.15) is 0 Å². The van der Waals surface area contributed by atoms with E-state index in [0.29, 0.717) is 25.0 Å². The Morgan fingerprint density at radius 2 is 1.35 bits per heavy atom. The molecule has 0 amide bonds. The third kappa shape index (κ3) is 3.84. The fourth-order valence-electron chi connectivity index (χ4n) is 1.61. The van der Waals surface area contributed by atoms with Gasteiger partial charge in [-0.2, -0.15) is 0 Å². The van der Waals surface area contributed by atoms with Crippen LogP contribution in [-0.2, 0) is 6.42 Å². The molecule has 0 nitrogen and oxygen atoms in total. The summed E-state index contributed by atoms with van der Waals surface area (Å²) in [6.45, 7) is 2.17. The first-order chi connectivity index (χ1) is 8.00. The molecule has 1 aromatic rings. The van der Waals surface area contributed by atoms with Gasteiger partial charge >= 0.3 is 0 Å². The van der Waals surface area contributed by atoms with E-state index in [1.54, 1.807) is 0 Å². The van der Waals surface area contributed by atoms with Gasteiger partial charge in [-0.05, 0) is 18.4 Å². The smallest absolute Gasteiger partial charge is 0.0744 e. The Kier molecular flexibility index (Phi) is 6.83. The lowest BCUT2D eigenvalue weighted by atomic mass is 10.1. The third-order valence-corrected chi connectivity index (χ3v) is 5.11. The van der Waals surface area contributed by atoms with Crippen molar-refractivity contribution >= 4 is 59.0 Å². The maximum atomic E-state index is 6.16. The zero-order valence-electron chi connectivity index (χ0n) is 9.49. The lowest BCUT2D eigenvalue weighted by Gasteiger charge is -2.12. The van der Waals surface area contributed by atoms with Gasteiger partial charge in [-0.3, -0.25) is 0 Å². The molecule has 96 valence electrons. The van der Waals surface area contributed by atoms with Gasteiger partial charge in [0.05, 0.1) is 20.1 Å². The second kappa shape index (κ2) is 7.35. The molecule has 0 N–H and O–H groups in total. The molecule has 0 saturated heterocycles. The van der Waals surface area contributed by atoms with E-state index in [2.05, 4.69) is 19.6 Å². The van der Waals surface area contributed by atoms with Crippen molar-refractivity contribution in [3.63, 3.8) is 0 Å². The molecule has 0 aromatic heterocycles. The maximum Gasteiger partial charge on any atom is 0.0744 e. The fourth-order valence-corrected chi connectivity index (χ4v) is 3.05. The van der Waals surface area contributed by atoms with Crippen molar-refractivity contribution in [3.8, 4) is 0 Å². The van der Waals surface area contributed by atoms with E-state index in [4.69, 9.17) is 46.4 Å². The summed E-state index contributed by atoms with van der Waals surface area (Å²) in [4.78, 5) is 0.445. The molecule has 0 bridgehead atoms. The van der Waals surface area contributed by atoms with E-state index in [9.17, 15) is 0 Å². The summed E-state index contributed by atoms with van der Waals surface area (Å²) in [7, 11) is 0. The van der Waals surface area contributed by atoms with Gasteiger partial charge in [0.15, 0.2) is 0 Å². The highest BCUT2D eigenvalue weighted by atomic mass is 35.5. The summed E-state index contributed by atoms with van der Waals surface area (Å²) in [6.07, 6.45) is 5.39. The monoisotopic (exact) mass is 330 g/mol. The van der Waals surface area contributed by atoms with Crippen LogP contribution in [0.3, 0.4) is 0 Å². The van der Waals surface area contributed by atoms with Gasteiger partial charge in [0.2, 0.25) is 0 Å². The first-order valence-corrected chi connectivity index (χ1v) is 7.50. The largest absolute Gasteiger partial charge is 0.140 e. The molecule has 0 atom stereocenters. The summed E-state index contributed by atoms with van der Waals surface area (Å²) in [5.74, 6) is 0. The lowest BCUT2D eigenvalue weighted by Crippen LogP contribution is -1.92. The van der Waals surface area contributed by atoms with Crippen LogP contribution < -0.4 is 0 Å². The van der Waals surface area contributed by atoms with Crippen LogP contribution in [0.4, 0.5) is 0 Å². The standard InChI is InChI=1S/C12H14Cl4S/c1-2-3-4-5-6-7-8(13)10(15)12(17)11(16)9(7)14/h17H,2-6H2,1H3. The van der Waals surface area contributed by atoms with E-state index >= 15 is 0 Å². The minimum absolute atomic E-state index is 0.384. The zero-order chi connectivity index (χ0) is 13.0. The predicted octanol–water partition coefficient (Wildman–Crippen LogP) is 6.71. The van der Waals surface area contributed by atoms with Crippen LogP contribution in [0.1, 0.15) is 38.2 Å². The van der Waals surface area contributed by atoms with E-state index in [1.807, 2.05) is 0 Å². The molecule has 0 spiro atoms. The highest BCUT2D eigenvalue weighted by molar-refractivity contribution is 7.80. The van der Waals surface area contributed by atoms with E-state index in [0.717, 1.165) is 24.8 Å². The Morgan fingerprint density at radius 3 is 1.82 bits per heavy atom. The molecule has 0 aliphatic heterocycles. The summed E-state index contributed by atoms with van der Waals surface area (Å²) < 4.78 is 0. The molecule has 1 rings (SSSR count). The Morgan fingerprint density at radius 1 is 0.824 bits per heavy atom. The average molecular weight is 332 g/mol. The summed E-state index contributed by atoms with van der Waals surface area (Å²) in [5.41, 5.74) is 0.831. The van der Waals surface area contributed by atoms with Gasteiger partial charge in [-0.15, -0.1) is 12.6 Å². The van der Waals surface area contributed by atoms with Gasteiger partial charge in [-0.1, -0.05) is 72.6 Å². The first-order valence-electron chi connectivity index (χ1n) is 5.54. The van der Waals surface area contributed by atoms with Crippen molar-refractivity contribution in [1.82, 2.24) is 0 Å². The number of thiol groups is 1. The Labute approximate surface area is 128 Å². The minimum atomic E-state index is 0.384. The molecular weight excluding hydrogens is 318 g/mol. The first kappa shape index (κ1) is 15.8. The summed E-state index contributed by atoms with van der Waals surface area (Å²) >= 11 is 28.6. The van der Waals surface area contributed by atoms with Gasteiger partial charge in [-0.25, -0.2) is 0 Å². The molecule has 0 aliphatic carbocycles. The van der Waals surface area contributed by atoms with Crippen LogP contribution in [0.25, 0.3) is 0 Å². The van der Waals surface area contributed by atoms with Crippen molar-refractivity contribution in [1.29, 1.82) is 0 Å². The highest BCUT2D eigenvalue weighted by Gasteiger charge is 2.17. The topological polar surface area (TPSA) is 0 Å². The molecule has 0 radical (unpaired) electrons. The third-order valence-electron chi connectivity index (χ3n) is 2.61. The Balaban J connectivity index is 2.92. The number of hydrogen-bond donors (Lipinski definition) is 1. The average Bonchev–Trinajstić information content (AvgIpc) is 2.33. The van der Waals surface area contributed by atoms with Crippen molar-refractivity contribution in [3.05, 3.63) is 25.7 Å². The molecule has 0 saturated carbocycles. The Hall–Kier alpha value is 0.730. The number of benzene rings is 1. The molecule has 1 aromatic carbocycles. The van der Waals surface area contributed by atoms with Crippen molar-refractivity contribution in [2.45, 2.75) is 43.9 Å². The van der Waals surface area contributed by atoms with Crippen LogP contribution in [-0.4, -0.2) is 0 Å². The molecule has 0 fully saturated rings. The zero-order valence-corrected chi connectivity index (χ0v) is 13.4. The van der Waals surface area contributed by atoms with Crippen molar-refractivity contribution < 1.29 is 0 Å². The Bertz CT molecular complexity index is 375. The quantitative estimate of drug-likeness (QED) is 0.346. The number of unbranched alkanes of at least 4 members (excludes halogenated alkanes) is 3. The summed E-state index contributed by atoms with van der Waals surface area (Å²) in [6, 6.07) is 0. The van der Waals surface area contributed by atoms with Crippen molar-refractivity contribution in [2.24, 2.45) is 0 Å². The van der Waals surface area contributed by atoms with Gasteiger partial charge in [0.25, 0.3) is 0 Å². The van der Waals surface area contributed by atoms with Gasteiger partial charge < -0.3 is 0 Å². The number of hydrogen-bond acceptors (Lipinski definition) is 1. The molecule has 5 heteroatoms. The fraction of sp³-hybridized carbons (Fsp3) is 0.500. The molecule has 17 heavy (non-hydrogen) atoms. The van der Waals surface area contributed by atoms with Crippen molar-refractivity contribution in [2.75, 3.05) is 0 Å². The highest BCUT2D eigenvalue weighted by Crippen LogP contribution is 2.43. The molecule has 0 unspecified atom stereocenters. The normalized spacial score (nSPS) is 10.9.